The van der Waals surface area contributed by atoms with Crippen molar-refractivity contribution in [1.29, 1.82) is 0 Å². The first-order valence-electron chi connectivity index (χ1n) is 5.27. The topological polar surface area (TPSA) is 12.0 Å². The van der Waals surface area contributed by atoms with Gasteiger partial charge in [-0.05, 0) is 31.5 Å². The predicted octanol–water partition coefficient (Wildman–Crippen LogP) is 3.55. The van der Waals surface area contributed by atoms with Gasteiger partial charge in [-0.1, -0.05) is 53.2 Å². The highest BCUT2D eigenvalue weighted by Crippen LogP contribution is 2.19. The second-order valence-corrected chi connectivity index (χ2v) is 4.61. The van der Waals surface area contributed by atoms with E-state index in [1.165, 1.54) is 15.6 Å². The largest absolute Gasteiger partial charge is 0.310 e. The van der Waals surface area contributed by atoms with Crippen LogP contribution < -0.4 is 5.32 Å². The lowest BCUT2D eigenvalue weighted by Gasteiger charge is -2.18. The molecule has 0 bridgehead atoms. The molecular weight excluding hydrogens is 250 g/mol. The molecule has 0 spiro atoms. The fraction of sp³-hybridized carbons (Fsp3) is 0.385. The van der Waals surface area contributed by atoms with E-state index in [1.807, 2.05) is 6.07 Å². The van der Waals surface area contributed by atoms with Crippen molar-refractivity contribution in [2.24, 2.45) is 0 Å². The molecule has 0 saturated carbocycles. The van der Waals surface area contributed by atoms with Gasteiger partial charge in [-0.2, -0.15) is 0 Å². The van der Waals surface area contributed by atoms with E-state index in [-0.39, 0.29) is 0 Å². The van der Waals surface area contributed by atoms with Crippen molar-refractivity contribution in [3.8, 4) is 0 Å². The summed E-state index contributed by atoms with van der Waals surface area (Å²) in [6.07, 6.45) is 0.991. The summed E-state index contributed by atoms with van der Waals surface area (Å²) in [4.78, 5) is 0. The van der Waals surface area contributed by atoms with Crippen LogP contribution in [-0.4, -0.2) is 12.6 Å². The van der Waals surface area contributed by atoms with Gasteiger partial charge >= 0.3 is 0 Å². The normalized spacial score (nSPS) is 12.5. The highest BCUT2D eigenvalue weighted by atomic mass is 79.9. The minimum atomic E-state index is 0.369. The third kappa shape index (κ3) is 3.80. The van der Waals surface area contributed by atoms with E-state index in [0.717, 1.165) is 13.0 Å². The Morgan fingerprint density at radius 3 is 2.67 bits per heavy atom. The molecule has 0 amide bonds. The van der Waals surface area contributed by atoms with Gasteiger partial charge in [0, 0.05) is 10.5 Å². The van der Waals surface area contributed by atoms with Gasteiger partial charge < -0.3 is 5.32 Å². The summed E-state index contributed by atoms with van der Waals surface area (Å²) in [5, 5.41) is 3.44. The average molecular weight is 268 g/mol. The lowest BCUT2D eigenvalue weighted by atomic mass is 10.0. The second-order valence-electron chi connectivity index (χ2n) is 3.75. The number of rotatable bonds is 5. The highest BCUT2D eigenvalue weighted by Gasteiger charge is 2.10. The number of halogens is 1. The van der Waals surface area contributed by atoms with E-state index in [0.29, 0.717) is 6.04 Å². The first kappa shape index (κ1) is 12.5. The van der Waals surface area contributed by atoms with Crippen LogP contribution in [0.3, 0.4) is 0 Å². The summed E-state index contributed by atoms with van der Waals surface area (Å²) in [6, 6.07) is 8.71. The van der Waals surface area contributed by atoms with E-state index >= 15 is 0 Å². The zero-order valence-corrected chi connectivity index (χ0v) is 11.0. The first-order valence-corrected chi connectivity index (χ1v) is 6.06. The van der Waals surface area contributed by atoms with E-state index in [2.05, 4.69) is 59.9 Å². The highest BCUT2D eigenvalue weighted by molar-refractivity contribution is 9.10. The van der Waals surface area contributed by atoms with E-state index < -0.39 is 0 Å². The molecule has 0 aliphatic heterocycles. The Balaban J connectivity index is 2.74. The van der Waals surface area contributed by atoms with Crippen LogP contribution in [0.1, 0.15) is 19.4 Å². The maximum atomic E-state index is 4.02. The number of hydrogen-bond acceptors (Lipinski definition) is 1. The van der Waals surface area contributed by atoms with E-state index in [4.69, 9.17) is 0 Å². The van der Waals surface area contributed by atoms with Crippen molar-refractivity contribution >= 4 is 15.9 Å². The van der Waals surface area contributed by atoms with E-state index in [9.17, 15) is 0 Å². The number of likely N-dealkylation sites (N-methyl/N-ethyl adjacent to an activating group) is 1. The quantitative estimate of drug-likeness (QED) is 0.805. The first-order chi connectivity index (χ1) is 7.15. The molecule has 1 aromatic carbocycles. The molecule has 0 aromatic heterocycles. The molecule has 1 atom stereocenters. The summed E-state index contributed by atoms with van der Waals surface area (Å²) in [5.74, 6) is 0. The number of benzene rings is 1. The summed E-state index contributed by atoms with van der Waals surface area (Å²) in [6.45, 7) is 9.19. The Morgan fingerprint density at radius 2 is 2.13 bits per heavy atom. The van der Waals surface area contributed by atoms with Gasteiger partial charge in [0.05, 0.1) is 0 Å². The fourth-order valence-corrected chi connectivity index (χ4v) is 2.00. The summed E-state index contributed by atoms with van der Waals surface area (Å²) < 4.78 is 1.18. The van der Waals surface area contributed by atoms with Crippen molar-refractivity contribution in [3.63, 3.8) is 0 Å². The molecule has 82 valence electrons. The van der Waals surface area contributed by atoms with Crippen molar-refractivity contribution in [1.82, 2.24) is 5.32 Å². The second kappa shape index (κ2) is 6.09. The van der Waals surface area contributed by atoms with Crippen LogP contribution in [0.5, 0.6) is 0 Å². The van der Waals surface area contributed by atoms with Crippen LogP contribution in [0.25, 0.3) is 0 Å². The third-order valence-electron chi connectivity index (χ3n) is 2.43. The van der Waals surface area contributed by atoms with Gasteiger partial charge in [0.25, 0.3) is 0 Å². The van der Waals surface area contributed by atoms with Gasteiger partial charge in [-0.25, -0.2) is 0 Å². The van der Waals surface area contributed by atoms with Gasteiger partial charge in [-0.3, -0.25) is 0 Å². The minimum absolute atomic E-state index is 0.369. The number of hydrogen-bond donors (Lipinski definition) is 1. The molecule has 0 fully saturated rings. The van der Waals surface area contributed by atoms with E-state index in [1.54, 1.807) is 0 Å². The summed E-state index contributed by atoms with van der Waals surface area (Å²) >= 11 is 3.57. The van der Waals surface area contributed by atoms with Crippen LogP contribution in [-0.2, 0) is 6.42 Å². The Kier molecular flexibility index (Phi) is 5.06. The van der Waals surface area contributed by atoms with Crippen LogP contribution in [0.15, 0.2) is 40.9 Å². The van der Waals surface area contributed by atoms with Gasteiger partial charge in [0.2, 0.25) is 0 Å². The Labute approximate surface area is 101 Å². The van der Waals surface area contributed by atoms with Gasteiger partial charge in [0.1, 0.15) is 0 Å². The van der Waals surface area contributed by atoms with Crippen molar-refractivity contribution in [2.75, 3.05) is 6.54 Å². The molecule has 1 rings (SSSR count). The maximum Gasteiger partial charge on any atom is 0.0315 e. The molecule has 1 aromatic rings. The molecule has 1 N–H and O–H groups in total. The molecular formula is C13H18BrN. The molecule has 1 nitrogen and oxygen atoms in total. The Morgan fingerprint density at radius 1 is 1.47 bits per heavy atom. The SMILES string of the molecule is C=C(C)C(Cc1ccccc1Br)NCC. The fourth-order valence-electron chi connectivity index (χ4n) is 1.55. The van der Waals surface area contributed by atoms with Gasteiger partial charge in [-0.15, -0.1) is 0 Å². The van der Waals surface area contributed by atoms with Crippen LogP contribution >= 0.6 is 15.9 Å². The summed E-state index contributed by atoms with van der Waals surface area (Å²) in [7, 11) is 0. The van der Waals surface area contributed by atoms with Gasteiger partial charge in [0.15, 0.2) is 0 Å². The standard InChI is InChI=1S/C13H18BrN/c1-4-15-13(10(2)3)9-11-7-5-6-8-12(11)14/h5-8,13,15H,2,4,9H2,1,3H3. The molecule has 1 unspecified atom stereocenters. The zero-order chi connectivity index (χ0) is 11.3. The monoisotopic (exact) mass is 267 g/mol. The lowest BCUT2D eigenvalue weighted by Crippen LogP contribution is -2.31. The van der Waals surface area contributed by atoms with Crippen LogP contribution in [0.4, 0.5) is 0 Å². The molecule has 0 radical (unpaired) electrons. The predicted molar refractivity (Wildman–Crippen MR) is 70.1 cm³/mol. The number of nitrogens with one attached hydrogen (secondary N) is 1. The zero-order valence-electron chi connectivity index (χ0n) is 9.39. The Hall–Kier alpha value is -0.600. The van der Waals surface area contributed by atoms with Crippen molar-refractivity contribution in [2.45, 2.75) is 26.3 Å². The molecule has 0 aliphatic carbocycles. The van der Waals surface area contributed by atoms with Crippen LogP contribution in [0, 0.1) is 0 Å². The molecule has 0 aliphatic rings. The minimum Gasteiger partial charge on any atom is -0.310 e. The Bertz CT molecular complexity index is 333. The maximum absolute atomic E-state index is 4.02. The third-order valence-corrected chi connectivity index (χ3v) is 3.20. The van der Waals surface area contributed by atoms with Crippen molar-refractivity contribution < 1.29 is 0 Å². The smallest absolute Gasteiger partial charge is 0.0315 e. The lowest BCUT2D eigenvalue weighted by molar-refractivity contribution is 0.587. The molecule has 15 heavy (non-hydrogen) atoms. The van der Waals surface area contributed by atoms with Crippen LogP contribution in [0.2, 0.25) is 0 Å². The molecule has 2 heteroatoms. The molecule has 0 heterocycles. The van der Waals surface area contributed by atoms with Crippen molar-refractivity contribution in [3.05, 3.63) is 46.5 Å². The molecule has 0 saturated heterocycles. The summed E-state index contributed by atoms with van der Waals surface area (Å²) in [5.41, 5.74) is 2.51. The average Bonchev–Trinajstić information content (AvgIpc) is 2.20.